The number of hydrogen-bond donors (Lipinski definition) is 0. The molecule has 0 spiro atoms. The first-order chi connectivity index (χ1) is 23.2. The average molecular weight is 708 g/mol. The summed E-state index contributed by atoms with van der Waals surface area (Å²) in [7, 11) is 0. The third kappa shape index (κ3) is 8.80. The Kier molecular flexibility index (Phi) is 12.1. The molecule has 3 aromatic carbocycles. The van der Waals surface area contributed by atoms with Crippen LogP contribution in [0.4, 0.5) is 18.9 Å². The predicted octanol–water partition coefficient (Wildman–Crippen LogP) is 11.2. The van der Waals surface area contributed by atoms with Crippen LogP contribution in [-0.2, 0) is 5.67 Å². The summed E-state index contributed by atoms with van der Waals surface area (Å²) in [6.07, 6.45) is 2.79. The van der Waals surface area contributed by atoms with E-state index in [-0.39, 0.29) is 0 Å². The maximum absolute atomic E-state index is 14.9. The number of aryl methyl sites for hydroxylation is 1. The van der Waals surface area contributed by atoms with Gasteiger partial charge in [-0.1, -0.05) is 88.1 Å². The maximum Gasteiger partial charge on any atom is 0.242 e. The molecule has 1 saturated heterocycles. The van der Waals surface area contributed by atoms with Gasteiger partial charge in [0.25, 0.3) is 0 Å². The molecule has 2 unspecified atom stereocenters. The molecule has 49 heavy (non-hydrogen) atoms. The SMILES string of the molecule is CC.CC(=S)N=C1SCC2=C(F)C(C)(F)c3ccc(C)cc3N12.CCC(C)c1ccc(-c2ncn(-c3ccc(OC(C)(C)F)cc3)n2)cc1. The fraction of sp³-hybridized carbons (Fsp3) is 0.368. The van der Waals surface area contributed by atoms with Crippen molar-refractivity contribution in [1.82, 2.24) is 14.8 Å². The zero-order valence-electron chi connectivity index (χ0n) is 29.5. The van der Waals surface area contributed by atoms with Gasteiger partial charge in [-0.05, 0) is 74.6 Å². The molecule has 6 rings (SSSR count). The van der Waals surface area contributed by atoms with E-state index in [1.54, 1.807) is 47.1 Å². The molecule has 0 N–H and O–H groups in total. The summed E-state index contributed by atoms with van der Waals surface area (Å²) < 4.78 is 49.9. The number of halogens is 3. The second kappa shape index (κ2) is 15.7. The lowest BCUT2D eigenvalue weighted by molar-refractivity contribution is -0.0257. The highest BCUT2D eigenvalue weighted by Crippen LogP contribution is 2.51. The number of thiocarbonyl (C=S) groups is 1. The fourth-order valence-corrected chi connectivity index (χ4v) is 6.49. The molecule has 11 heteroatoms. The lowest BCUT2D eigenvalue weighted by Gasteiger charge is -2.34. The van der Waals surface area contributed by atoms with Crippen molar-refractivity contribution in [3.63, 3.8) is 0 Å². The van der Waals surface area contributed by atoms with Crippen molar-refractivity contribution >= 4 is 39.8 Å². The Morgan fingerprint density at radius 1 is 1.10 bits per heavy atom. The van der Waals surface area contributed by atoms with Crippen LogP contribution in [0.2, 0.25) is 0 Å². The van der Waals surface area contributed by atoms with Gasteiger partial charge < -0.3 is 4.74 Å². The van der Waals surface area contributed by atoms with Crippen LogP contribution in [0.25, 0.3) is 17.1 Å². The molecular formula is C38H44F3N5OS2. The van der Waals surface area contributed by atoms with Crippen LogP contribution in [-0.4, -0.2) is 36.5 Å². The number of ether oxygens (including phenoxy) is 1. The van der Waals surface area contributed by atoms with Crippen LogP contribution in [0.1, 0.15) is 84.4 Å². The number of anilines is 1. The molecule has 0 amide bonds. The Balaban J connectivity index is 0.000000214. The molecule has 0 radical (unpaired) electrons. The topological polar surface area (TPSA) is 55.5 Å². The van der Waals surface area contributed by atoms with Gasteiger partial charge in [-0.15, -0.1) is 5.10 Å². The monoisotopic (exact) mass is 707 g/mol. The van der Waals surface area contributed by atoms with E-state index in [1.807, 2.05) is 39.0 Å². The molecular weight excluding hydrogens is 664 g/mol. The third-order valence-electron chi connectivity index (χ3n) is 7.92. The van der Waals surface area contributed by atoms with Gasteiger partial charge in [-0.2, -0.15) is 4.39 Å². The van der Waals surface area contributed by atoms with Crippen LogP contribution in [0.5, 0.6) is 5.75 Å². The van der Waals surface area contributed by atoms with E-state index < -0.39 is 17.4 Å². The lowest BCUT2D eigenvalue weighted by Crippen LogP contribution is -2.34. The molecule has 0 saturated carbocycles. The number of aromatic nitrogens is 3. The molecule has 6 nitrogen and oxygen atoms in total. The highest BCUT2D eigenvalue weighted by atomic mass is 32.2. The molecule has 260 valence electrons. The second-order valence-electron chi connectivity index (χ2n) is 12.2. The highest BCUT2D eigenvalue weighted by molar-refractivity contribution is 8.14. The van der Waals surface area contributed by atoms with Crippen molar-refractivity contribution in [1.29, 1.82) is 0 Å². The Labute approximate surface area is 297 Å². The van der Waals surface area contributed by atoms with E-state index >= 15 is 0 Å². The van der Waals surface area contributed by atoms with Crippen molar-refractivity contribution in [2.45, 2.75) is 86.2 Å². The Morgan fingerprint density at radius 3 is 2.35 bits per heavy atom. The molecule has 1 fully saturated rings. The quantitative estimate of drug-likeness (QED) is 0.186. The smallest absolute Gasteiger partial charge is 0.242 e. The number of amidine groups is 1. The Hall–Kier alpha value is -3.96. The van der Waals surface area contributed by atoms with Crippen LogP contribution >= 0.6 is 24.0 Å². The van der Waals surface area contributed by atoms with Crippen molar-refractivity contribution < 1.29 is 17.9 Å². The van der Waals surface area contributed by atoms with E-state index in [1.165, 1.54) is 38.1 Å². The standard InChI is InChI=1S/C21H24FN3O.C15H14F2N2S2.C2H6/c1-5-15(2)16-6-8-17(9-7-16)20-23-14-25(24-20)18-10-12-19(13-11-18)26-21(3,4)22;1-8-4-5-10-11(6-8)19-12(13(16)15(10,3)17)7-21-14(19)18-9(2)20;1-2/h6-15H,5H2,1-4H3;4-6H,7H2,1-3H3;1-2H3. The van der Waals surface area contributed by atoms with Gasteiger partial charge in [0.15, 0.2) is 22.5 Å². The lowest BCUT2D eigenvalue weighted by atomic mass is 9.89. The van der Waals surface area contributed by atoms with Gasteiger partial charge in [0, 0.05) is 30.7 Å². The number of hydrogen-bond acceptors (Lipinski definition) is 5. The van der Waals surface area contributed by atoms with Crippen LogP contribution in [0.15, 0.2) is 89.6 Å². The number of alkyl halides is 2. The summed E-state index contributed by atoms with van der Waals surface area (Å²) in [5, 5.41) is 5.15. The fourth-order valence-electron chi connectivity index (χ4n) is 5.28. The van der Waals surface area contributed by atoms with Gasteiger partial charge in [0.1, 0.15) is 17.1 Å². The third-order valence-corrected chi connectivity index (χ3v) is 8.96. The minimum atomic E-state index is -2.10. The van der Waals surface area contributed by atoms with Gasteiger partial charge in [-0.25, -0.2) is 23.4 Å². The van der Waals surface area contributed by atoms with Gasteiger partial charge in [0.05, 0.1) is 17.1 Å². The van der Waals surface area contributed by atoms with Crippen LogP contribution in [0.3, 0.4) is 0 Å². The number of nitrogens with zero attached hydrogens (tertiary/aromatic N) is 5. The molecule has 3 heterocycles. The van der Waals surface area contributed by atoms with E-state index in [2.05, 4.69) is 53.2 Å². The number of allylic oxidation sites excluding steroid dienone is 1. The Morgan fingerprint density at radius 2 is 1.76 bits per heavy atom. The predicted molar refractivity (Wildman–Crippen MR) is 201 cm³/mol. The first-order valence-electron chi connectivity index (χ1n) is 16.4. The van der Waals surface area contributed by atoms with Crippen molar-refractivity contribution in [3.05, 3.63) is 101 Å². The van der Waals surface area contributed by atoms with Crippen LogP contribution < -0.4 is 9.64 Å². The van der Waals surface area contributed by atoms with Gasteiger partial charge in [0.2, 0.25) is 5.85 Å². The maximum atomic E-state index is 14.9. The molecule has 2 atom stereocenters. The van der Waals surface area contributed by atoms with E-state index in [4.69, 9.17) is 17.0 Å². The molecule has 0 aliphatic carbocycles. The summed E-state index contributed by atoms with van der Waals surface area (Å²) in [5.74, 6) is -0.389. The molecule has 4 aromatic rings. The van der Waals surface area contributed by atoms with Crippen molar-refractivity contribution in [2.24, 2.45) is 4.99 Å². The highest BCUT2D eigenvalue weighted by Gasteiger charge is 2.46. The number of fused-ring (bicyclic) bond motifs is 3. The average Bonchev–Trinajstić information content (AvgIpc) is 3.72. The summed E-state index contributed by atoms with van der Waals surface area (Å²) >= 11 is 6.39. The second-order valence-corrected chi connectivity index (χ2v) is 13.8. The first kappa shape index (κ1) is 37.9. The normalized spacial score (nSPS) is 18.1. The number of aliphatic imine (C=N–C) groups is 1. The van der Waals surface area contributed by atoms with Crippen LogP contribution in [0, 0.1) is 6.92 Å². The number of benzene rings is 3. The van der Waals surface area contributed by atoms with Gasteiger partial charge in [-0.3, -0.25) is 4.90 Å². The number of thioether (sulfide) groups is 1. The van der Waals surface area contributed by atoms with Crippen molar-refractivity contribution in [2.75, 3.05) is 10.7 Å². The zero-order chi connectivity index (χ0) is 36.1. The number of rotatable bonds is 6. The summed E-state index contributed by atoms with van der Waals surface area (Å²) in [5.41, 5.74) is 3.33. The van der Waals surface area contributed by atoms with E-state index in [0.717, 1.165) is 23.2 Å². The first-order valence-corrected chi connectivity index (χ1v) is 17.8. The minimum Gasteiger partial charge on any atom is -0.459 e. The van der Waals surface area contributed by atoms with E-state index in [0.29, 0.717) is 50.3 Å². The molecule has 2 aliphatic rings. The zero-order valence-corrected chi connectivity index (χ0v) is 31.1. The molecule has 2 aliphatic heterocycles. The minimum absolute atomic E-state index is 0.326. The summed E-state index contributed by atoms with van der Waals surface area (Å²) in [6.45, 7) is 16.1. The Bertz CT molecular complexity index is 1830. The molecule has 0 bridgehead atoms. The van der Waals surface area contributed by atoms with Gasteiger partial charge >= 0.3 is 0 Å². The molecule has 1 aromatic heterocycles. The van der Waals surface area contributed by atoms with Crippen molar-refractivity contribution in [3.8, 4) is 22.8 Å². The largest absolute Gasteiger partial charge is 0.459 e. The van der Waals surface area contributed by atoms with E-state index in [9.17, 15) is 13.2 Å². The summed E-state index contributed by atoms with van der Waals surface area (Å²) in [6, 6.07) is 20.8. The summed E-state index contributed by atoms with van der Waals surface area (Å²) in [4.78, 5) is 10.9.